The molecule has 0 unspecified atom stereocenters. The van der Waals surface area contributed by atoms with E-state index < -0.39 is 0 Å². The van der Waals surface area contributed by atoms with Crippen LogP contribution in [0.15, 0.2) is 45.9 Å². The standard InChI is InChI=1S/C16H13N5S2/c17-10-11-3-1-5-15(18-11)23-16-20-19-14(21(16)12-6-7-12)9-13-4-2-8-22-13/h1-5,8,12H,6-7,9H2. The fourth-order valence-electron chi connectivity index (χ4n) is 2.39. The maximum Gasteiger partial charge on any atom is 0.197 e. The van der Waals surface area contributed by atoms with Gasteiger partial charge in [0.2, 0.25) is 0 Å². The van der Waals surface area contributed by atoms with Gasteiger partial charge in [0.15, 0.2) is 5.16 Å². The summed E-state index contributed by atoms with van der Waals surface area (Å²) in [6.07, 6.45) is 3.16. The Hall–Kier alpha value is -2.17. The van der Waals surface area contributed by atoms with Gasteiger partial charge in [0.05, 0.1) is 0 Å². The second-order valence-corrected chi connectivity index (χ2v) is 7.35. The van der Waals surface area contributed by atoms with Crippen molar-refractivity contribution in [2.45, 2.75) is 35.5 Å². The van der Waals surface area contributed by atoms with Crippen molar-refractivity contribution in [1.82, 2.24) is 19.7 Å². The molecule has 3 aromatic rings. The maximum absolute atomic E-state index is 8.97. The molecular formula is C16H13N5S2. The highest BCUT2D eigenvalue weighted by molar-refractivity contribution is 7.99. The van der Waals surface area contributed by atoms with Crippen LogP contribution in [0.1, 0.15) is 35.3 Å². The van der Waals surface area contributed by atoms with E-state index in [1.54, 1.807) is 17.4 Å². The van der Waals surface area contributed by atoms with Crippen LogP contribution in [0.4, 0.5) is 0 Å². The molecule has 4 rings (SSSR count). The second-order valence-electron chi connectivity index (χ2n) is 5.33. The maximum atomic E-state index is 8.97. The van der Waals surface area contributed by atoms with Gasteiger partial charge in [0.25, 0.3) is 0 Å². The minimum atomic E-state index is 0.422. The lowest BCUT2D eigenvalue weighted by atomic mass is 10.3. The van der Waals surface area contributed by atoms with Crippen molar-refractivity contribution in [3.8, 4) is 6.07 Å². The predicted octanol–water partition coefficient (Wildman–Crippen LogP) is 3.68. The summed E-state index contributed by atoms with van der Waals surface area (Å²) in [5.74, 6) is 1.01. The number of hydrogen-bond donors (Lipinski definition) is 0. The third kappa shape index (κ3) is 3.14. The number of pyridine rings is 1. The number of thiophene rings is 1. The van der Waals surface area contributed by atoms with E-state index in [0.717, 1.165) is 22.4 Å². The molecule has 0 aliphatic heterocycles. The zero-order valence-electron chi connectivity index (χ0n) is 12.2. The molecule has 5 nitrogen and oxygen atoms in total. The molecule has 114 valence electrons. The molecule has 1 fully saturated rings. The van der Waals surface area contributed by atoms with Crippen LogP contribution in [-0.2, 0) is 6.42 Å². The second kappa shape index (κ2) is 6.14. The van der Waals surface area contributed by atoms with E-state index in [4.69, 9.17) is 5.26 Å². The Kier molecular flexibility index (Phi) is 3.85. The van der Waals surface area contributed by atoms with Crippen LogP contribution in [0, 0.1) is 11.3 Å². The smallest absolute Gasteiger partial charge is 0.197 e. The lowest BCUT2D eigenvalue weighted by Crippen LogP contribution is -2.03. The van der Waals surface area contributed by atoms with Crippen molar-refractivity contribution < 1.29 is 0 Å². The fourth-order valence-corrected chi connectivity index (χ4v) is 4.01. The average Bonchev–Trinajstić information content (AvgIpc) is 3.13. The molecule has 23 heavy (non-hydrogen) atoms. The lowest BCUT2D eigenvalue weighted by molar-refractivity contribution is 0.634. The van der Waals surface area contributed by atoms with Crippen LogP contribution in [0.25, 0.3) is 0 Å². The SMILES string of the molecule is N#Cc1cccc(Sc2nnc(Cc3cccs3)n2C2CC2)n1. The first-order chi connectivity index (χ1) is 11.3. The van der Waals surface area contributed by atoms with Gasteiger partial charge in [-0.2, -0.15) is 5.26 Å². The Balaban J connectivity index is 1.63. The highest BCUT2D eigenvalue weighted by Crippen LogP contribution is 2.40. The predicted molar refractivity (Wildman–Crippen MR) is 88.5 cm³/mol. The van der Waals surface area contributed by atoms with Crippen molar-refractivity contribution in [1.29, 1.82) is 5.26 Å². The summed E-state index contributed by atoms with van der Waals surface area (Å²) in [4.78, 5) is 5.61. The molecule has 1 aliphatic carbocycles. The van der Waals surface area contributed by atoms with E-state index in [2.05, 4.69) is 43.3 Å². The molecule has 3 aromatic heterocycles. The highest BCUT2D eigenvalue weighted by atomic mass is 32.2. The van der Waals surface area contributed by atoms with Crippen molar-refractivity contribution in [2.75, 3.05) is 0 Å². The molecule has 0 bridgehead atoms. The number of hydrogen-bond acceptors (Lipinski definition) is 6. The number of rotatable bonds is 5. The van der Waals surface area contributed by atoms with Crippen LogP contribution in [-0.4, -0.2) is 19.7 Å². The summed E-state index contributed by atoms with van der Waals surface area (Å²) in [5, 5.41) is 21.5. The quantitative estimate of drug-likeness (QED) is 0.709. The Labute approximate surface area is 142 Å². The molecule has 0 saturated heterocycles. The Morgan fingerprint density at radius 1 is 1.26 bits per heavy atom. The minimum absolute atomic E-state index is 0.422. The fraction of sp³-hybridized carbons (Fsp3) is 0.250. The Morgan fingerprint density at radius 2 is 2.17 bits per heavy atom. The zero-order valence-corrected chi connectivity index (χ0v) is 13.8. The summed E-state index contributed by atoms with van der Waals surface area (Å²) in [5.41, 5.74) is 0.422. The Bertz CT molecular complexity index is 859. The molecular weight excluding hydrogens is 326 g/mol. The molecule has 7 heteroatoms. The van der Waals surface area contributed by atoms with E-state index in [1.165, 1.54) is 29.5 Å². The lowest BCUT2D eigenvalue weighted by Gasteiger charge is -2.07. The first-order valence-electron chi connectivity index (χ1n) is 7.34. The Morgan fingerprint density at radius 3 is 2.91 bits per heavy atom. The zero-order chi connectivity index (χ0) is 15.6. The third-order valence-electron chi connectivity index (χ3n) is 3.59. The van der Waals surface area contributed by atoms with Crippen molar-refractivity contribution in [3.05, 3.63) is 52.1 Å². The van der Waals surface area contributed by atoms with E-state index in [0.29, 0.717) is 11.7 Å². The van der Waals surface area contributed by atoms with Gasteiger partial charge in [-0.1, -0.05) is 12.1 Å². The molecule has 0 N–H and O–H groups in total. The van der Waals surface area contributed by atoms with Crippen LogP contribution in [0.3, 0.4) is 0 Å². The van der Waals surface area contributed by atoms with Crippen molar-refractivity contribution >= 4 is 23.1 Å². The van der Waals surface area contributed by atoms with Crippen LogP contribution >= 0.6 is 23.1 Å². The van der Waals surface area contributed by atoms with Gasteiger partial charge >= 0.3 is 0 Å². The average molecular weight is 339 g/mol. The van der Waals surface area contributed by atoms with E-state index >= 15 is 0 Å². The molecule has 0 aromatic carbocycles. The van der Waals surface area contributed by atoms with E-state index in [1.807, 2.05) is 12.1 Å². The van der Waals surface area contributed by atoms with E-state index in [9.17, 15) is 0 Å². The first kappa shape index (κ1) is 14.4. The molecule has 0 amide bonds. The first-order valence-corrected chi connectivity index (χ1v) is 9.04. The van der Waals surface area contributed by atoms with Crippen LogP contribution in [0.5, 0.6) is 0 Å². The number of nitrogens with zero attached hydrogens (tertiary/aromatic N) is 5. The summed E-state index contributed by atoms with van der Waals surface area (Å²) >= 11 is 3.22. The molecule has 0 atom stereocenters. The third-order valence-corrected chi connectivity index (χ3v) is 5.37. The van der Waals surface area contributed by atoms with Crippen molar-refractivity contribution in [2.24, 2.45) is 0 Å². The van der Waals surface area contributed by atoms with Gasteiger partial charge in [-0.3, -0.25) is 0 Å². The molecule has 1 aliphatic rings. The van der Waals surface area contributed by atoms with Crippen LogP contribution in [0.2, 0.25) is 0 Å². The normalized spacial score (nSPS) is 13.9. The largest absolute Gasteiger partial charge is 0.302 e. The monoisotopic (exact) mass is 339 g/mol. The van der Waals surface area contributed by atoms with Crippen LogP contribution < -0.4 is 0 Å². The molecule has 0 radical (unpaired) electrons. The van der Waals surface area contributed by atoms with Gasteiger partial charge in [-0.15, -0.1) is 21.5 Å². The summed E-state index contributed by atoms with van der Waals surface area (Å²) in [6, 6.07) is 12.2. The van der Waals surface area contributed by atoms with E-state index in [-0.39, 0.29) is 0 Å². The van der Waals surface area contributed by atoms with Gasteiger partial charge in [0, 0.05) is 17.3 Å². The molecule has 0 spiro atoms. The summed E-state index contributed by atoms with van der Waals surface area (Å²) in [7, 11) is 0. The summed E-state index contributed by atoms with van der Waals surface area (Å²) in [6.45, 7) is 0. The van der Waals surface area contributed by atoms with Gasteiger partial charge in [-0.25, -0.2) is 4.98 Å². The van der Waals surface area contributed by atoms with Gasteiger partial charge < -0.3 is 4.57 Å². The topological polar surface area (TPSA) is 67.4 Å². The van der Waals surface area contributed by atoms with Gasteiger partial charge in [0.1, 0.15) is 22.6 Å². The van der Waals surface area contributed by atoms with Crippen molar-refractivity contribution in [3.63, 3.8) is 0 Å². The molecule has 3 heterocycles. The van der Waals surface area contributed by atoms with Gasteiger partial charge in [-0.05, 0) is 48.2 Å². The molecule has 1 saturated carbocycles. The number of nitriles is 1. The number of aromatic nitrogens is 4. The highest BCUT2D eigenvalue weighted by Gasteiger charge is 2.30. The summed E-state index contributed by atoms with van der Waals surface area (Å²) < 4.78 is 2.24. The minimum Gasteiger partial charge on any atom is -0.302 e.